The summed E-state index contributed by atoms with van der Waals surface area (Å²) in [6, 6.07) is 0. The van der Waals surface area contributed by atoms with Crippen LogP contribution < -0.4 is 5.73 Å². The highest BCUT2D eigenvalue weighted by Gasteiger charge is 2.08. The molecule has 2 rings (SSSR count). The average molecular weight is 177 g/mol. The molecule has 0 amide bonds. The molecule has 0 aliphatic carbocycles. The molecule has 2 heterocycles. The number of nitrogens with two attached hydrogens (primary N) is 1. The van der Waals surface area contributed by atoms with E-state index in [2.05, 4.69) is 15.1 Å². The van der Waals surface area contributed by atoms with Gasteiger partial charge in [0.1, 0.15) is 6.33 Å². The number of fused-ring (bicyclic) bond motifs is 1. The van der Waals surface area contributed by atoms with Crippen LogP contribution >= 0.6 is 0 Å². The lowest BCUT2D eigenvalue weighted by Crippen LogP contribution is -2.09. The molecule has 0 aliphatic rings. The van der Waals surface area contributed by atoms with E-state index in [1.807, 2.05) is 13.8 Å². The largest absolute Gasteiger partial charge is 0.326 e. The van der Waals surface area contributed by atoms with Gasteiger partial charge in [0, 0.05) is 23.5 Å². The van der Waals surface area contributed by atoms with E-state index in [-0.39, 0.29) is 0 Å². The highest BCUT2D eigenvalue weighted by molar-refractivity contribution is 5.35. The minimum absolute atomic E-state index is 0.487. The lowest BCUT2D eigenvalue weighted by Gasteiger charge is -2.06. The molecule has 0 unspecified atom stereocenters. The Kier molecular flexibility index (Phi) is 1.73. The smallest absolute Gasteiger partial charge is 0.252 e. The topological polar surface area (TPSA) is 69.1 Å². The maximum absolute atomic E-state index is 5.61. The lowest BCUT2D eigenvalue weighted by atomic mass is 10.2. The Morgan fingerprint density at radius 2 is 2.23 bits per heavy atom. The van der Waals surface area contributed by atoms with Crippen molar-refractivity contribution in [1.29, 1.82) is 0 Å². The van der Waals surface area contributed by atoms with Crippen LogP contribution in [0.15, 0.2) is 6.33 Å². The van der Waals surface area contributed by atoms with Crippen molar-refractivity contribution in [3.63, 3.8) is 0 Å². The molecule has 5 heteroatoms. The van der Waals surface area contributed by atoms with Gasteiger partial charge in [0.25, 0.3) is 5.78 Å². The van der Waals surface area contributed by atoms with E-state index < -0.39 is 0 Å². The quantitative estimate of drug-likeness (QED) is 0.675. The summed E-state index contributed by atoms with van der Waals surface area (Å²) in [5, 5.41) is 4.06. The van der Waals surface area contributed by atoms with Crippen LogP contribution in [0, 0.1) is 13.8 Å². The molecule has 2 N–H and O–H groups in total. The summed E-state index contributed by atoms with van der Waals surface area (Å²) in [4.78, 5) is 8.29. The molecule has 5 nitrogen and oxygen atoms in total. The third-order valence-electron chi connectivity index (χ3n) is 2.19. The van der Waals surface area contributed by atoms with Crippen molar-refractivity contribution >= 4 is 5.78 Å². The van der Waals surface area contributed by atoms with E-state index in [9.17, 15) is 0 Å². The van der Waals surface area contributed by atoms with Gasteiger partial charge in [0.15, 0.2) is 0 Å². The molecule has 13 heavy (non-hydrogen) atoms. The standard InChI is InChI=1S/C8H11N5/c1-5-7(3-9)6(2)13-8(12-5)10-4-11-13/h4H,3,9H2,1-2H3. The summed E-state index contributed by atoms with van der Waals surface area (Å²) in [5.41, 5.74) is 8.60. The maximum atomic E-state index is 5.61. The first-order chi connectivity index (χ1) is 6.24. The van der Waals surface area contributed by atoms with E-state index in [0.29, 0.717) is 12.3 Å². The average Bonchev–Trinajstić information content (AvgIpc) is 2.53. The van der Waals surface area contributed by atoms with Crippen LogP contribution in [0.4, 0.5) is 0 Å². The van der Waals surface area contributed by atoms with Crippen molar-refractivity contribution < 1.29 is 0 Å². The van der Waals surface area contributed by atoms with Crippen molar-refractivity contribution in [1.82, 2.24) is 19.6 Å². The fourth-order valence-electron chi connectivity index (χ4n) is 1.45. The molecule has 0 bridgehead atoms. The van der Waals surface area contributed by atoms with Gasteiger partial charge in [-0.25, -0.2) is 9.50 Å². The van der Waals surface area contributed by atoms with Crippen molar-refractivity contribution in [2.45, 2.75) is 20.4 Å². The fourth-order valence-corrected chi connectivity index (χ4v) is 1.45. The summed E-state index contributed by atoms with van der Waals surface area (Å²) >= 11 is 0. The number of hydrogen-bond donors (Lipinski definition) is 1. The van der Waals surface area contributed by atoms with Gasteiger partial charge in [0.05, 0.1) is 0 Å². The summed E-state index contributed by atoms with van der Waals surface area (Å²) < 4.78 is 1.70. The van der Waals surface area contributed by atoms with Gasteiger partial charge in [-0.15, -0.1) is 0 Å². The molecule has 0 radical (unpaired) electrons. The van der Waals surface area contributed by atoms with Gasteiger partial charge in [-0.05, 0) is 13.8 Å². The summed E-state index contributed by atoms with van der Waals surface area (Å²) in [7, 11) is 0. The van der Waals surface area contributed by atoms with Gasteiger partial charge in [-0.3, -0.25) is 0 Å². The molecular weight excluding hydrogens is 166 g/mol. The first kappa shape index (κ1) is 8.12. The van der Waals surface area contributed by atoms with E-state index in [0.717, 1.165) is 17.0 Å². The highest BCUT2D eigenvalue weighted by Crippen LogP contribution is 2.11. The van der Waals surface area contributed by atoms with E-state index in [1.165, 1.54) is 6.33 Å². The summed E-state index contributed by atoms with van der Waals surface area (Å²) in [6.07, 6.45) is 1.50. The first-order valence-corrected chi connectivity index (χ1v) is 4.10. The number of hydrogen-bond acceptors (Lipinski definition) is 4. The second-order valence-corrected chi connectivity index (χ2v) is 2.94. The van der Waals surface area contributed by atoms with Crippen LogP contribution in [-0.4, -0.2) is 19.6 Å². The van der Waals surface area contributed by atoms with Gasteiger partial charge in [-0.2, -0.15) is 10.1 Å². The minimum atomic E-state index is 0.487. The van der Waals surface area contributed by atoms with Crippen molar-refractivity contribution in [2.24, 2.45) is 5.73 Å². The number of aromatic nitrogens is 4. The molecule has 0 saturated heterocycles. The van der Waals surface area contributed by atoms with Gasteiger partial charge < -0.3 is 5.73 Å². The normalized spacial score (nSPS) is 11.0. The zero-order valence-corrected chi connectivity index (χ0v) is 7.65. The predicted octanol–water partition coefficient (Wildman–Crippen LogP) is 0.200. The van der Waals surface area contributed by atoms with E-state index in [1.54, 1.807) is 4.52 Å². The number of aryl methyl sites for hydroxylation is 2. The molecule has 0 spiro atoms. The highest BCUT2D eigenvalue weighted by atomic mass is 15.3. The Bertz CT molecular complexity index is 445. The van der Waals surface area contributed by atoms with Crippen LogP contribution in [0.1, 0.15) is 17.0 Å². The lowest BCUT2D eigenvalue weighted by molar-refractivity contribution is 0.842. The monoisotopic (exact) mass is 177 g/mol. The van der Waals surface area contributed by atoms with Crippen molar-refractivity contribution in [3.8, 4) is 0 Å². The number of nitrogens with zero attached hydrogens (tertiary/aromatic N) is 4. The molecule has 2 aromatic heterocycles. The molecule has 0 fully saturated rings. The van der Waals surface area contributed by atoms with Gasteiger partial charge >= 0.3 is 0 Å². The van der Waals surface area contributed by atoms with Crippen LogP contribution in [0.2, 0.25) is 0 Å². The van der Waals surface area contributed by atoms with Gasteiger partial charge in [-0.1, -0.05) is 0 Å². The van der Waals surface area contributed by atoms with E-state index >= 15 is 0 Å². The molecule has 0 saturated carbocycles. The summed E-state index contributed by atoms with van der Waals surface area (Å²) in [6.45, 7) is 4.39. The fraction of sp³-hybridized carbons (Fsp3) is 0.375. The van der Waals surface area contributed by atoms with Gasteiger partial charge in [0.2, 0.25) is 0 Å². The molecule has 0 aromatic carbocycles. The maximum Gasteiger partial charge on any atom is 0.252 e. The Morgan fingerprint density at radius 3 is 2.92 bits per heavy atom. The summed E-state index contributed by atoms with van der Waals surface area (Å²) in [5.74, 6) is 0.632. The predicted molar refractivity (Wildman–Crippen MR) is 48.1 cm³/mol. The van der Waals surface area contributed by atoms with Crippen molar-refractivity contribution in [3.05, 3.63) is 23.3 Å². The number of rotatable bonds is 1. The SMILES string of the molecule is Cc1nc2ncnn2c(C)c1CN. The Morgan fingerprint density at radius 1 is 1.46 bits per heavy atom. The second-order valence-electron chi connectivity index (χ2n) is 2.94. The second kappa shape index (κ2) is 2.77. The zero-order valence-electron chi connectivity index (χ0n) is 7.65. The van der Waals surface area contributed by atoms with Crippen LogP contribution in [-0.2, 0) is 6.54 Å². The van der Waals surface area contributed by atoms with Crippen LogP contribution in [0.3, 0.4) is 0 Å². The van der Waals surface area contributed by atoms with Crippen molar-refractivity contribution in [2.75, 3.05) is 0 Å². The molecular formula is C8H11N5. The Labute approximate surface area is 75.6 Å². The van der Waals surface area contributed by atoms with E-state index in [4.69, 9.17) is 5.73 Å². The molecule has 0 aliphatic heterocycles. The van der Waals surface area contributed by atoms with Crippen LogP contribution in [0.25, 0.3) is 5.78 Å². The molecule has 0 atom stereocenters. The third kappa shape index (κ3) is 1.08. The molecule has 68 valence electrons. The Balaban J connectivity index is 2.85. The zero-order chi connectivity index (χ0) is 9.42. The molecule has 2 aromatic rings. The van der Waals surface area contributed by atoms with Crippen LogP contribution in [0.5, 0.6) is 0 Å². The Hall–Kier alpha value is -1.49. The third-order valence-corrected chi connectivity index (χ3v) is 2.19. The minimum Gasteiger partial charge on any atom is -0.326 e. The first-order valence-electron chi connectivity index (χ1n) is 4.10.